The molecule has 0 aromatic rings. The van der Waals surface area contributed by atoms with Crippen LogP contribution < -0.4 is 0 Å². The third-order valence-electron chi connectivity index (χ3n) is 4.95. The summed E-state index contributed by atoms with van der Waals surface area (Å²) in [4.78, 5) is 39.7. The SMILES string of the molecule is CC1CN(C(=O)CN2C(=O)CN(C)C2=O)CC1(O)C1CC1. The van der Waals surface area contributed by atoms with Gasteiger partial charge in [-0.3, -0.25) is 14.5 Å². The molecule has 2 aliphatic heterocycles. The number of rotatable bonds is 3. The number of β-amino-alcohol motifs (C(OH)–C–C–N with tert-alkyl or cyclic N) is 1. The molecule has 1 aliphatic carbocycles. The summed E-state index contributed by atoms with van der Waals surface area (Å²) in [5, 5.41) is 10.7. The number of imide groups is 1. The van der Waals surface area contributed by atoms with Crippen molar-refractivity contribution >= 4 is 17.8 Å². The van der Waals surface area contributed by atoms with E-state index < -0.39 is 11.6 Å². The van der Waals surface area contributed by atoms with Crippen molar-refractivity contribution in [2.24, 2.45) is 11.8 Å². The van der Waals surface area contributed by atoms with Crippen molar-refractivity contribution < 1.29 is 19.5 Å². The number of aliphatic hydroxyl groups is 1. The van der Waals surface area contributed by atoms with Crippen LogP contribution in [0.1, 0.15) is 19.8 Å². The molecule has 1 N–H and O–H groups in total. The standard InChI is InChI=1S/C14H21N3O4/c1-9-5-16(8-14(9,21)10-3-4-10)11(18)7-17-12(19)6-15(2)13(17)20/h9-10,21H,3-8H2,1-2H3. The summed E-state index contributed by atoms with van der Waals surface area (Å²) in [5.74, 6) is -0.302. The van der Waals surface area contributed by atoms with Crippen LogP contribution in [0.25, 0.3) is 0 Å². The third-order valence-corrected chi connectivity index (χ3v) is 4.95. The average molecular weight is 295 g/mol. The molecule has 2 unspecified atom stereocenters. The van der Waals surface area contributed by atoms with Crippen molar-refractivity contribution in [3.05, 3.63) is 0 Å². The lowest BCUT2D eigenvalue weighted by molar-refractivity contribution is -0.136. The first-order valence-corrected chi connectivity index (χ1v) is 7.38. The van der Waals surface area contributed by atoms with E-state index in [1.54, 1.807) is 4.90 Å². The predicted molar refractivity (Wildman–Crippen MR) is 73.2 cm³/mol. The maximum atomic E-state index is 12.3. The summed E-state index contributed by atoms with van der Waals surface area (Å²) >= 11 is 0. The third kappa shape index (κ3) is 2.29. The van der Waals surface area contributed by atoms with Gasteiger partial charge in [0.1, 0.15) is 13.1 Å². The highest BCUT2D eigenvalue weighted by atomic mass is 16.3. The number of nitrogens with zero attached hydrogens (tertiary/aromatic N) is 3. The minimum Gasteiger partial charge on any atom is -0.387 e. The lowest BCUT2D eigenvalue weighted by Crippen LogP contribution is -2.44. The Labute approximate surface area is 123 Å². The second kappa shape index (κ2) is 4.69. The average Bonchev–Trinajstić information content (AvgIpc) is 3.19. The fraction of sp³-hybridized carbons (Fsp3) is 0.786. The number of hydrogen-bond acceptors (Lipinski definition) is 4. The van der Waals surface area contributed by atoms with Gasteiger partial charge in [0.25, 0.3) is 5.91 Å². The number of likely N-dealkylation sites (N-methyl/N-ethyl adjacent to an activating group) is 1. The highest BCUT2D eigenvalue weighted by Gasteiger charge is 2.53. The molecule has 7 nitrogen and oxygen atoms in total. The number of carbonyl (C=O) groups excluding carboxylic acids is 3. The van der Waals surface area contributed by atoms with Gasteiger partial charge in [-0.05, 0) is 18.8 Å². The quantitative estimate of drug-likeness (QED) is 0.712. The van der Waals surface area contributed by atoms with E-state index in [1.807, 2.05) is 6.92 Å². The molecule has 2 saturated heterocycles. The van der Waals surface area contributed by atoms with E-state index in [-0.39, 0.29) is 36.7 Å². The van der Waals surface area contributed by atoms with Crippen molar-refractivity contribution in [1.29, 1.82) is 0 Å². The molecule has 2 atom stereocenters. The number of amides is 4. The van der Waals surface area contributed by atoms with Crippen LogP contribution in [-0.2, 0) is 9.59 Å². The van der Waals surface area contributed by atoms with Crippen molar-refractivity contribution in [3.8, 4) is 0 Å². The van der Waals surface area contributed by atoms with Gasteiger partial charge in [0.05, 0.1) is 12.1 Å². The van der Waals surface area contributed by atoms with Gasteiger partial charge in [-0.15, -0.1) is 0 Å². The molecular weight excluding hydrogens is 274 g/mol. The Morgan fingerprint density at radius 2 is 2.05 bits per heavy atom. The van der Waals surface area contributed by atoms with Crippen LogP contribution in [0, 0.1) is 11.8 Å². The highest BCUT2D eigenvalue weighted by molar-refractivity contribution is 6.04. The summed E-state index contributed by atoms with van der Waals surface area (Å²) in [6, 6.07) is -0.432. The highest BCUT2D eigenvalue weighted by Crippen LogP contribution is 2.47. The summed E-state index contributed by atoms with van der Waals surface area (Å²) in [6.45, 7) is 2.54. The molecule has 0 bridgehead atoms. The molecule has 3 aliphatic rings. The van der Waals surface area contributed by atoms with Gasteiger partial charge in [-0.2, -0.15) is 0 Å². The molecule has 0 radical (unpaired) electrons. The van der Waals surface area contributed by atoms with E-state index in [9.17, 15) is 19.5 Å². The van der Waals surface area contributed by atoms with Crippen LogP contribution in [0.3, 0.4) is 0 Å². The molecule has 3 fully saturated rings. The van der Waals surface area contributed by atoms with Crippen LogP contribution >= 0.6 is 0 Å². The molecule has 0 aromatic heterocycles. The van der Waals surface area contributed by atoms with Crippen LogP contribution in [0.4, 0.5) is 4.79 Å². The minimum atomic E-state index is -0.800. The lowest BCUT2D eigenvalue weighted by Gasteiger charge is -2.26. The minimum absolute atomic E-state index is 0.0223. The zero-order chi connectivity index (χ0) is 15.4. The molecule has 1 saturated carbocycles. The molecule has 0 aromatic carbocycles. The van der Waals surface area contributed by atoms with Gasteiger partial charge >= 0.3 is 6.03 Å². The maximum Gasteiger partial charge on any atom is 0.327 e. The first-order chi connectivity index (χ1) is 9.83. The predicted octanol–water partition coefficient (Wildman–Crippen LogP) is -0.500. The number of urea groups is 1. The molecule has 3 rings (SSSR count). The Kier molecular flexibility index (Phi) is 3.20. The summed E-state index contributed by atoms with van der Waals surface area (Å²) in [7, 11) is 1.54. The fourth-order valence-corrected chi connectivity index (χ4v) is 3.38. The van der Waals surface area contributed by atoms with Crippen molar-refractivity contribution in [2.75, 3.05) is 33.2 Å². The second-order valence-corrected chi connectivity index (χ2v) is 6.56. The van der Waals surface area contributed by atoms with E-state index in [0.29, 0.717) is 13.1 Å². The zero-order valence-electron chi connectivity index (χ0n) is 12.4. The number of hydrogen-bond donors (Lipinski definition) is 1. The normalized spacial score (nSPS) is 33.3. The van der Waals surface area contributed by atoms with Crippen molar-refractivity contribution in [2.45, 2.75) is 25.4 Å². The Bertz CT molecular complexity index is 504. The maximum absolute atomic E-state index is 12.3. The Morgan fingerprint density at radius 3 is 2.57 bits per heavy atom. The van der Waals surface area contributed by atoms with Crippen molar-refractivity contribution in [1.82, 2.24) is 14.7 Å². The first-order valence-electron chi connectivity index (χ1n) is 7.38. The van der Waals surface area contributed by atoms with Crippen LogP contribution in [0.2, 0.25) is 0 Å². The summed E-state index contributed by atoms with van der Waals surface area (Å²) in [6.07, 6.45) is 2.02. The van der Waals surface area contributed by atoms with Gasteiger partial charge in [0.2, 0.25) is 5.91 Å². The van der Waals surface area contributed by atoms with E-state index in [1.165, 1.54) is 11.9 Å². The fourth-order valence-electron chi connectivity index (χ4n) is 3.38. The van der Waals surface area contributed by atoms with Crippen molar-refractivity contribution in [3.63, 3.8) is 0 Å². The molecule has 4 amide bonds. The number of likely N-dealkylation sites (tertiary alicyclic amines) is 1. The van der Waals surface area contributed by atoms with Gasteiger partial charge < -0.3 is 14.9 Å². The monoisotopic (exact) mass is 295 g/mol. The second-order valence-electron chi connectivity index (χ2n) is 6.56. The lowest BCUT2D eigenvalue weighted by atomic mass is 9.88. The topological polar surface area (TPSA) is 81.2 Å². The van der Waals surface area contributed by atoms with E-state index in [4.69, 9.17) is 0 Å². The zero-order valence-corrected chi connectivity index (χ0v) is 12.4. The molecule has 2 heterocycles. The molecule has 0 spiro atoms. The van der Waals surface area contributed by atoms with Crippen LogP contribution in [0.15, 0.2) is 0 Å². The first kappa shape index (κ1) is 14.3. The van der Waals surface area contributed by atoms with Gasteiger partial charge in [0, 0.05) is 19.5 Å². The molecule has 116 valence electrons. The van der Waals surface area contributed by atoms with E-state index in [2.05, 4.69) is 0 Å². The van der Waals surface area contributed by atoms with Gasteiger partial charge in [-0.25, -0.2) is 4.79 Å². The Morgan fingerprint density at radius 1 is 1.38 bits per heavy atom. The smallest absolute Gasteiger partial charge is 0.327 e. The van der Waals surface area contributed by atoms with Gasteiger partial charge in [0.15, 0.2) is 0 Å². The largest absolute Gasteiger partial charge is 0.387 e. The molecule has 7 heteroatoms. The summed E-state index contributed by atoms with van der Waals surface area (Å²) in [5.41, 5.74) is -0.800. The molecular formula is C14H21N3O4. The number of carbonyl (C=O) groups is 3. The summed E-state index contributed by atoms with van der Waals surface area (Å²) < 4.78 is 0. The van der Waals surface area contributed by atoms with Crippen LogP contribution in [0.5, 0.6) is 0 Å². The van der Waals surface area contributed by atoms with E-state index >= 15 is 0 Å². The Hall–Kier alpha value is -1.63. The Balaban J connectivity index is 1.64. The van der Waals surface area contributed by atoms with Crippen LogP contribution in [-0.4, -0.2) is 76.5 Å². The van der Waals surface area contributed by atoms with Gasteiger partial charge in [-0.1, -0.05) is 6.92 Å². The van der Waals surface area contributed by atoms with E-state index in [0.717, 1.165) is 17.7 Å². The molecule has 21 heavy (non-hydrogen) atoms.